The lowest BCUT2D eigenvalue weighted by atomic mass is 10.2. The van der Waals surface area contributed by atoms with Gasteiger partial charge in [-0.25, -0.2) is 9.50 Å². The summed E-state index contributed by atoms with van der Waals surface area (Å²) in [7, 11) is 2.04. The Kier molecular flexibility index (Phi) is 3.05. The van der Waals surface area contributed by atoms with Crippen LogP contribution in [-0.2, 0) is 0 Å². The van der Waals surface area contributed by atoms with Crippen LogP contribution in [0, 0.1) is 0 Å². The van der Waals surface area contributed by atoms with Gasteiger partial charge in [-0.1, -0.05) is 0 Å². The Morgan fingerprint density at radius 1 is 1.50 bits per heavy atom. The highest BCUT2D eigenvalue weighted by Crippen LogP contribution is 2.14. The third-order valence-corrected chi connectivity index (χ3v) is 2.85. The molecular formula is C11H17N5. The van der Waals surface area contributed by atoms with Gasteiger partial charge in [-0.15, -0.1) is 0 Å². The second-order valence-corrected chi connectivity index (χ2v) is 3.96. The minimum absolute atomic E-state index is 0.392. The average molecular weight is 219 g/mol. The lowest BCUT2D eigenvalue weighted by Gasteiger charge is -2.25. The van der Waals surface area contributed by atoms with E-state index in [0.29, 0.717) is 12.6 Å². The summed E-state index contributed by atoms with van der Waals surface area (Å²) in [5.41, 5.74) is 6.42. The van der Waals surface area contributed by atoms with E-state index in [1.54, 1.807) is 10.7 Å². The van der Waals surface area contributed by atoms with Crippen LogP contribution in [0.25, 0.3) is 5.65 Å². The van der Waals surface area contributed by atoms with Gasteiger partial charge in [-0.05, 0) is 26.0 Å². The molecule has 0 aliphatic carbocycles. The van der Waals surface area contributed by atoms with E-state index in [4.69, 9.17) is 5.73 Å². The number of aromatic nitrogens is 3. The van der Waals surface area contributed by atoms with Gasteiger partial charge in [0, 0.05) is 25.4 Å². The molecule has 0 aliphatic rings. The van der Waals surface area contributed by atoms with E-state index in [1.807, 2.05) is 25.4 Å². The number of nitrogens with two attached hydrogens (primary N) is 1. The molecule has 86 valence electrons. The van der Waals surface area contributed by atoms with Gasteiger partial charge in [0.05, 0.1) is 6.20 Å². The Bertz CT molecular complexity index is 464. The molecule has 0 spiro atoms. The zero-order chi connectivity index (χ0) is 11.5. The van der Waals surface area contributed by atoms with Gasteiger partial charge in [0.2, 0.25) is 0 Å². The van der Waals surface area contributed by atoms with Gasteiger partial charge in [-0.3, -0.25) is 0 Å². The van der Waals surface area contributed by atoms with Gasteiger partial charge in [0.15, 0.2) is 5.65 Å². The van der Waals surface area contributed by atoms with Crippen molar-refractivity contribution in [2.24, 2.45) is 5.73 Å². The monoisotopic (exact) mass is 219 g/mol. The molecule has 0 saturated carbocycles. The van der Waals surface area contributed by atoms with E-state index < -0.39 is 0 Å². The minimum atomic E-state index is 0.392. The van der Waals surface area contributed by atoms with E-state index in [1.165, 1.54) is 0 Å². The largest absolute Gasteiger partial charge is 0.357 e. The molecule has 2 N–H and O–H groups in total. The van der Waals surface area contributed by atoms with E-state index >= 15 is 0 Å². The smallest absolute Gasteiger partial charge is 0.157 e. The zero-order valence-corrected chi connectivity index (χ0v) is 9.67. The van der Waals surface area contributed by atoms with E-state index in [0.717, 1.165) is 17.9 Å². The lowest BCUT2D eigenvalue weighted by molar-refractivity contribution is 0.629. The van der Waals surface area contributed by atoms with Crippen molar-refractivity contribution in [2.45, 2.75) is 19.4 Å². The van der Waals surface area contributed by atoms with Crippen molar-refractivity contribution in [2.75, 3.05) is 18.5 Å². The number of fused-ring (bicyclic) bond motifs is 1. The zero-order valence-electron chi connectivity index (χ0n) is 9.67. The summed E-state index contributed by atoms with van der Waals surface area (Å²) in [5.74, 6) is 0.953. The summed E-state index contributed by atoms with van der Waals surface area (Å²) in [4.78, 5) is 6.66. The van der Waals surface area contributed by atoms with Gasteiger partial charge < -0.3 is 10.6 Å². The highest BCUT2D eigenvalue weighted by atomic mass is 15.3. The third-order valence-electron chi connectivity index (χ3n) is 2.85. The van der Waals surface area contributed by atoms with Crippen molar-refractivity contribution < 1.29 is 0 Å². The van der Waals surface area contributed by atoms with Crippen LogP contribution in [0.3, 0.4) is 0 Å². The normalized spacial score (nSPS) is 12.9. The van der Waals surface area contributed by atoms with Crippen molar-refractivity contribution in [1.82, 2.24) is 14.6 Å². The number of hydrogen-bond donors (Lipinski definition) is 1. The van der Waals surface area contributed by atoms with Gasteiger partial charge in [0.25, 0.3) is 0 Å². The SMILES string of the molecule is CC(CCN)N(C)c1ccn2nccc2n1. The Hall–Kier alpha value is -1.62. The second-order valence-electron chi connectivity index (χ2n) is 3.96. The summed E-state index contributed by atoms with van der Waals surface area (Å²) >= 11 is 0. The molecular weight excluding hydrogens is 202 g/mol. The predicted octanol–water partition coefficient (Wildman–Crippen LogP) is 0.903. The maximum Gasteiger partial charge on any atom is 0.157 e. The Balaban J connectivity index is 2.24. The number of anilines is 1. The Morgan fingerprint density at radius 3 is 3.06 bits per heavy atom. The molecule has 0 aliphatic heterocycles. The van der Waals surface area contributed by atoms with E-state index in [-0.39, 0.29) is 0 Å². The highest BCUT2D eigenvalue weighted by Gasteiger charge is 2.10. The molecule has 2 aromatic heterocycles. The van der Waals surface area contributed by atoms with Crippen LogP contribution in [0.5, 0.6) is 0 Å². The first-order valence-corrected chi connectivity index (χ1v) is 5.45. The summed E-state index contributed by atoms with van der Waals surface area (Å²) in [6.07, 6.45) is 4.63. The fourth-order valence-electron chi connectivity index (χ4n) is 1.66. The van der Waals surface area contributed by atoms with Crippen LogP contribution >= 0.6 is 0 Å². The van der Waals surface area contributed by atoms with E-state index in [2.05, 4.69) is 21.9 Å². The quantitative estimate of drug-likeness (QED) is 0.830. The fourth-order valence-corrected chi connectivity index (χ4v) is 1.66. The average Bonchev–Trinajstić information content (AvgIpc) is 2.75. The lowest BCUT2D eigenvalue weighted by Crippen LogP contribution is -2.31. The molecule has 16 heavy (non-hydrogen) atoms. The summed E-state index contributed by atoms with van der Waals surface area (Å²) in [6.45, 7) is 2.84. The number of hydrogen-bond acceptors (Lipinski definition) is 4. The molecule has 2 rings (SSSR count). The maximum absolute atomic E-state index is 5.56. The highest BCUT2D eigenvalue weighted by molar-refractivity contribution is 5.47. The van der Waals surface area contributed by atoms with Gasteiger partial charge >= 0.3 is 0 Å². The van der Waals surface area contributed by atoms with Crippen LogP contribution in [0.1, 0.15) is 13.3 Å². The van der Waals surface area contributed by atoms with Crippen LogP contribution in [-0.4, -0.2) is 34.2 Å². The second kappa shape index (κ2) is 4.49. The third kappa shape index (κ3) is 1.99. The molecule has 0 radical (unpaired) electrons. The Labute approximate surface area is 94.9 Å². The summed E-state index contributed by atoms with van der Waals surface area (Å²) < 4.78 is 1.75. The molecule has 2 heterocycles. The molecule has 0 bridgehead atoms. The van der Waals surface area contributed by atoms with Crippen molar-refractivity contribution in [3.05, 3.63) is 24.5 Å². The van der Waals surface area contributed by atoms with Crippen LogP contribution < -0.4 is 10.6 Å². The maximum atomic E-state index is 5.56. The molecule has 0 saturated heterocycles. The molecule has 5 nitrogen and oxygen atoms in total. The summed E-state index contributed by atoms with van der Waals surface area (Å²) in [5, 5.41) is 4.12. The molecule has 1 unspecified atom stereocenters. The van der Waals surface area contributed by atoms with Crippen molar-refractivity contribution in [3.63, 3.8) is 0 Å². The van der Waals surface area contributed by atoms with E-state index in [9.17, 15) is 0 Å². The molecule has 2 aromatic rings. The molecule has 0 aromatic carbocycles. The molecule has 0 fully saturated rings. The topological polar surface area (TPSA) is 59.5 Å². The van der Waals surface area contributed by atoms with Gasteiger partial charge in [0.1, 0.15) is 5.82 Å². The van der Waals surface area contributed by atoms with Crippen molar-refractivity contribution in [3.8, 4) is 0 Å². The number of rotatable bonds is 4. The first-order chi connectivity index (χ1) is 7.72. The number of nitrogens with zero attached hydrogens (tertiary/aromatic N) is 4. The standard InChI is InChI=1S/C11H17N5/c1-9(3-6-12)15(2)10-5-8-16-11(14-10)4-7-13-16/h4-5,7-9H,3,6,12H2,1-2H3. The summed E-state index contributed by atoms with van der Waals surface area (Å²) in [6, 6.07) is 4.25. The minimum Gasteiger partial charge on any atom is -0.357 e. The van der Waals surface area contributed by atoms with Crippen molar-refractivity contribution >= 4 is 11.5 Å². The van der Waals surface area contributed by atoms with Crippen molar-refractivity contribution in [1.29, 1.82) is 0 Å². The van der Waals surface area contributed by atoms with Crippen LogP contribution in [0.15, 0.2) is 24.5 Å². The first kappa shape index (κ1) is 10.9. The molecule has 1 atom stereocenters. The predicted molar refractivity (Wildman–Crippen MR) is 64.5 cm³/mol. The van der Waals surface area contributed by atoms with Crippen LogP contribution in [0.2, 0.25) is 0 Å². The Morgan fingerprint density at radius 2 is 2.31 bits per heavy atom. The first-order valence-electron chi connectivity index (χ1n) is 5.45. The van der Waals surface area contributed by atoms with Gasteiger partial charge in [-0.2, -0.15) is 5.10 Å². The molecule has 0 amide bonds. The molecule has 5 heteroatoms. The fraction of sp³-hybridized carbons (Fsp3) is 0.455. The van der Waals surface area contributed by atoms with Crippen LogP contribution in [0.4, 0.5) is 5.82 Å².